The predicted molar refractivity (Wildman–Crippen MR) is 76.9 cm³/mol. The van der Waals surface area contributed by atoms with Crippen molar-refractivity contribution in [2.75, 3.05) is 32.2 Å². The molecular formula is C14H21NO4S. The summed E-state index contributed by atoms with van der Waals surface area (Å²) in [5.74, 6) is 0.0903. The van der Waals surface area contributed by atoms with Gasteiger partial charge in [0.05, 0.1) is 25.6 Å². The van der Waals surface area contributed by atoms with Gasteiger partial charge in [-0.05, 0) is 12.0 Å². The molecule has 2 rings (SSSR count). The lowest BCUT2D eigenvalue weighted by molar-refractivity contribution is 0.0829. The number of ether oxygens (including phenoxy) is 2. The lowest BCUT2D eigenvalue weighted by Gasteiger charge is -2.17. The van der Waals surface area contributed by atoms with E-state index in [1.807, 2.05) is 30.3 Å². The first-order chi connectivity index (χ1) is 9.54. The molecule has 2 N–H and O–H groups in total. The molecule has 0 spiro atoms. The van der Waals surface area contributed by atoms with Gasteiger partial charge in [-0.25, -0.2) is 13.6 Å². The van der Waals surface area contributed by atoms with Gasteiger partial charge in [0, 0.05) is 18.4 Å². The summed E-state index contributed by atoms with van der Waals surface area (Å²) >= 11 is 0. The molecular weight excluding hydrogens is 278 g/mol. The van der Waals surface area contributed by atoms with Crippen molar-refractivity contribution in [1.82, 2.24) is 0 Å². The minimum Gasteiger partial charge on any atom is -0.381 e. The molecule has 0 saturated carbocycles. The molecule has 6 heteroatoms. The number of nitrogens with two attached hydrogens (primary N) is 1. The molecule has 1 aromatic rings. The molecule has 1 saturated heterocycles. The largest absolute Gasteiger partial charge is 0.381 e. The van der Waals surface area contributed by atoms with Crippen LogP contribution in [-0.2, 0) is 19.5 Å². The third kappa shape index (κ3) is 5.20. The molecule has 0 radical (unpaired) electrons. The second kappa shape index (κ2) is 7.17. The molecule has 1 aliphatic heterocycles. The summed E-state index contributed by atoms with van der Waals surface area (Å²) in [7, 11) is -3.53. The van der Waals surface area contributed by atoms with Gasteiger partial charge in [-0.2, -0.15) is 0 Å². The second-order valence-electron chi connectivity index (χ2n) is 5.20. The van der Waals surface area contributed by atoms with Crippen LogP contribution in [0.1, 0.15) is 17.9 Å². The van der Waals surface area contributed by atoms with Gasteiger partial charge in [0.1, 0.15) is 0 Å². The van der Waals surface area contributed by atoms with E-state index in [-0.39, 0.29) is 11.7 Å². The van der Waals surface area contributed by atoms with Crippen LogP contribution in [-0.4, -0.2) is 40.6 Å². The highest BCUT2D eigenvalue weighted by molar-refractivity contribution is 7.89. The van der Waals surface area contributed by atoms with Crippen LogP contribution in [0.3, 0.4) is 0 Å². The minimum atomic E-state index is -3.53. The third-order valence-electron chi connectivity index (χ3n) is 3.40. The molecule has 20 heavy (non-hydrogen) atoms. The summed E-state index contributed by atoms with van der Waals surface area (Å²) in [5.41, 5.74) is 0.934. The molecule has 2 atom stereocenters. The highest BCUT2D eigenvalue weighted by Crippen LogP contribution is 2.19. The Kier molecular flexibility index (Phi) is 5.54. The fourth-order valence-corrected chi connectivity index (χ4v) is 3.19. The summed E-state index contributed by atoms with van der Waals surface area (Å²) in [6.07, 6.45) is 1.01. The molecule has 112 valence electrons. The fourth-order valence-electron chi connectivity index (χ4n) is 2.34. The minimum absolute atomic E-state index is 0.0990. The molecule has 2 unspecified atom stereocenters. The molecule has 1 aliphatic rings. The van der Waals surface area contributed by atoms with Crippen molar-refractivity contribution in [3.05, 3.63) is 35.9 Å². The van der Waals surface area contributed by atoms with E-state index in [2.05, 4.69) is 0 Å². The third-order valence-corrected chi connectivity index (χ3v) is 4.27. The van der Waals surface area contributed by atoms with Crippen molar-refractivity contribution in [1.29, 1.82) is 0 Å². The summed E-state index contributed by atoms with van der Waals surface area (Å²) < 4.78 is 33.6. The van der Waals surface area contributed by atoms with Crippen LogP contribution in [0.2, 0.25) is 0 Å². The Balaban J connectivity index is 1.92. The van der Waals surface area contributed by atoms with Crippen LogP contribution >= 0.6 is 0 Å². The van der Waals surface area contributed by atoms with E-state index >= 15 is 0 Å². The molecule has 1 aromatic carbocycles. The number of rotatable bonds is 7. The maximum absolute atomic E-state index is 11.3. The average Bonchev–Trinajstić information content (AvgIpc) is 2.90. The van der Waals surface area contributed by atoms with E-state index < -0.39 is 10.0 Å². The van der Waals surface area contributed by atoms with Gasteiger partial charge in [0.25, 0.3) is 0 Å². The van der Waals surface area contributed by atoms with Crippen LogP contribution in [0.25, 0.3) is 0 Å². The van der Waals surface area contributed by atoms with Gasteiger partial charge in [-0.3, -0.25) is 0 Å². The number of primary sulfonamides is 1. The number of hydrogen-bond acceptors (Lipinski definition) is 4. The van der Waals surface area contributed by atoms with E-state index in [1.54, 1.807) is 0 Å². The second-order valence-corrected chi connectivity index (χ2v) is 6.86. The zero-order chi connectivity index (χ0) is 14.4. The van der Waals surface area contributed by atoms with E-state index in [1.165, 1.54) is 0 Å². The van der Waals surface area contributed by atoms with Gasteiger partial charge in [-0.15, -0.1) is 0 Å². The predicted octanol–water partition coefficient (Wildman–Crippen LogP) is 1.11. The highest BCUT2D eigenvalue weighted by Gasteiger charge is 2.20. The average molecular weight is 299 g/mol. The normalized spacial score (nSPS) is 20.9. The number of hydrogen-bond donors (Lipinski definition) is 1. The van der Waals surface area contributed by atoms with Crippen molar-refractivity contribution in [2.45, 2.75) is 12.3 Å². The topological polar surface area (TPSA) is 78.6 Å². The van der Waals surface area contributed by atoms with E-state index in [0.717, 1.165) is 25.2 Å². The SMILES string of the molecule is NS(=O)(=O)CC(COCC1CCOC1)c1ccccc1. The lowest BCUT2D eigenvalue weighted by atomic mass is 10.0. The molecule has 1 heterocycles. The van der Waals surface area contributed by atoms with Gasteiger partial charge in [0.15, 0.2) is 0 Å². The Morgan fingerprint density at radius 3 is 2.70 bits per heavy atom. The lowest BCUT2D eigenvalue weighted by Crippen LogP contribution is -2.25. The quantitative estimate of drug-likeness (QED) is 0.818. The maximum Gasteiger partial charge on any atom is 0.209 e. The van der Waals surface area contributed by atoms with Gasteiger partial charge < -0.3 is 9.47 Å². The molecule has 0 aromatic heterocycles. The molecule has 0 bridgehead atoms. The van der Waals surface area contributed by atoms with Crippen LogP contribution in [0.4, 0.5) is 0 Å². The standard InChI is InChI=1S/C14H21NO4S/c15-20(16,17)11-14(13-4-2-1-3-5-13)10-19-9-12-6-7-18-8-12/h1-5,12,14H,6-11H2,(H2,15,16,17). The van der Waals surface area contributed by atoms with Crippen LogP contribution < -0.4 is 5.14 Å². The Morgan fingerprint density at radius 1 is 1.35 bits per heavy atom. The van der Waals surface area contributed by atoms with Crippen LogP contribution in [0.5, 0.6) is 0 Å². The Hall–Kier alpha value is -0.950. The van der Waals surface area contributed by atoms with Crippen LogP contribution in [0, 0.1) is 5.92 Å². The van der Waals surface area contributed by atoms with Crippen molar-refractivity contribution in [3.63, 3.8) is 0 Å². The van der Waals surface area contributed by atoms with Crippen molar-refractivity contribution >= 4 is 10.0 Å². The highest BCUT2D eigenvalue weighted by atomic mass is 32.2. The molecule has 1 fully saturated rings. The first kappa shape index (κ1) is 15.4. The van der Waals surface area contributed by atoms with Crippen molar-refractivity contribution in [3.8, 4) is 0 Å². The summed E-state index contributed by atoms with van der Waals surface area (Å²) in [6, 6.07) is 9.47. The smallest absolute Gasteiger partial charge is 0.209 e. The van der Waals surface area contributed by atoms with Crippen LogP contribution in [0.15, 0.2) is 30.3 Å². The first-order valence-electron chi connectivity index (χ1n) is 6.75. The molecule has 0 aliphatic carbocycles. The zero-order valence-electron chi connectivity index (χ0n) is 11.4. The summed E-state index contributed by atoms with van der Waals surface area (Å²) in [5, 5.41) is 5.16. The Bertz CT molecular complexity index is 497. The molecule has 5 nitrogen and oxygen atoms in total. The van der Waals surface area contributed by atoms with Gasteiger partial charge in [-0.1, -0.05) is 30.3 Å². The molecule has 0 amide bonds. The number of sulfonamides is 1. The maximum atomic E-state index is 11.3. The number of benzene rings is 1. The zero-order valence-corrected chi connectivity index (χ0v) is 12.2. The first-order valence-corrected chi connectivity index (χ1v) is 8.47. The fraction of sp³-hybridized carbons (Fsp3) is 0.571. The Morgan fingerprint density at radius 2 is 2.10 bits per heavy atom. The van der Waals surface area contributed by atoms with E-state index in [4.69, 9.17) is 14.6 Å². The van der Waals surface area contributed by atoms with Crippen molar-refractivity contribution < 1.29 is 17.9 Å². The van der Waals surface area contributed by atoms with Gasteiger partial charge >= 0.3 is 0 Å². The summed E-state index contributed by atoms with van der Waals surface area (Å²) in [4.78, 5) is 0. The Labute approximate surface area is 120 Å². The van der Waals surface area contributed by atoms with Gasteiger partial charge in [0.2, 0.25) is 10.0 Å². The van der Waals surface area contributed by atoms with Crippen molar-refractivity contribution in [2.24, 2.45) is 11.1 Å². The van der Waals surface area contributed by atoms with E-state index in [9.17, 15) is 8.42 Å². The monoisotopic (exact) mass is 299 g/mol. The summed E-state index contributed by atoms with van der Waals surface area (Å²) in [6.45, 7) is 2.48. The van der Waals surface area contributed by atoms with E-state index in [0.29, 0.717) is 19.1 Å².